The van der Waals surface area contributed by atoms with Gasteiger partial charge >= 0.3 is 0 Å². The molecule has 1 heterocycles. The summed E-state index contributed by atoms with van der Waals surface area (Å²) in [5.41, 5.74) is 2.73. The summed E-state index contributed by atoms with van der Waals surface area (Å²) in [6.45, 7) is 8.00. The zero-order chi connectivity index (χ0) is 13.8. The molecule has 0 amide bonds. The molecule has 3 atom stereocenters. The van der Waals surface area contributed by atoms with Crippen molar-refractivity contribution in [1.82, 2.24) is 10.2 Å². The van der Waals surface area contributed by atoms with Gasteiger partial charge in [-0.25, -0.2) is 0 Å². The molecule has 1 aliphatic rings. The summed E-state index contributed by atoms with van der Waals surface area (Å²) in [6, 6.07) is 10.8. The van der Waals surface area contributed by atoms with E-state index in [-0.39, 0.29) is 0 Å². The van der Waals surface area contributed by atoms with E-state index in [4.69, 9.17) is 0 Å². The van der Waals surface area contributed by atoms with Gasteiger partial charge in [0.15, 0.2) is 0 Å². The Balaban J connectivity index is 2.07. The van der Waals surface area contributed by atoms with Crippen molar-refractivity contribution in [2.45, 2.75) is 58.2 Å². The third kappa shape index (κ3) is 3.58. The fourth-order valence-corrected chi connectivity index (χ4v) is 3.21. The van der Waals surface area contributed by atoms with Crippen LogP contribution < -0.4 is 5.32 Å². The Morgan fingerprint density at radius 1 is 1.16 bits per heavy atom. The Bertz CT molecular complexity index is 375. The highest BCUT2D eigenvalue weighted by Crippen LogP contribution is 2.25. The summed E-state index contributed by atoms with van der Waals surface area (Å²) in [6.07, 6.45) is 4.07. The van der Waals surface area contributed by atoms with Crippen molar-refractivity contribution in [3.63, 3.8) is 0 Å². The van der Waals surface area contributed by atoms with E-state index in [2.05, 4.69) is 62.3 Å². The zero-order valence-corrected chi connectivity index (χ0v) is 12.8. The SMILES string of the molecule is CNC(CN1C(C)CCCC1C)c1ccc(C)cc1. The van der Waals surface area contributed by atoms with Crippen LogP contribution in [0.15, 0.2) is 24.3 Å². The van der Waals surface area contributed by atoms with Gasteiger partial charge in [0.1, 0.15) is 0 Å². The summed E-state index contributed by atoms with van der Waals surface area (Å²) in [5.74, 6) is 0. The molecule has 1 N–H and O–H groups in total. The molecule has 2 nitrogen and oxygen atoms in total. The number of nitrogens with one attached hydrogen (secondary N) is 1. The van der Waals surface area contributed by atoms with Gasteiger partial charge in [-0.2, -0.15) is 0 Å². The van der Waals surface area contributed by atoms with Crippen molar-refractivity contribution in [1.29, 1.82) is 0 Å². The second-order valence-electron chi connectivity index (χ2n) is 6.08. The second kappa shape index (κ2) is 6.53. The molecule has 1 aromatic rings. The number of aryl methyl sites for hydroxylation is 1. The summed E-state index contributed by atoms with van der Waals surface area (Å²) in [5, 5.41) is 3.48. The van der Waals surface area contributed by atoms with Crippen molar-refractivity contribution in [2.24, 2.45) is 0 Å². The van der Waals surface area contributed by atoms with E-state index in [1.807, 2.05) is 0 Å². The number of piperidine rings is 1. The van der Waals surface area contributed by atoms with E-state index in [0.717, 1.165) is 6.54 Å². The smallest absolute Gasteiger partial charge is 0.0447 e. The Morgan fingerprint density at radius 3 is 2.26 bits per heavy atom. The number of likely N-dealkylation sites (N-methyl/N-ethyl adjacent to an activating group) is 1. The van der Waals surface area contributed by atoms with Gasteiger partial charge in [-0.05, 0) is 46.2 Å². The van der Waals surface area contributed by atoms with Gasteiger partial charge in [0.25, 0.3) is 0 Å². The van der Waals surface area contributed by atoms with Crippen LogP contribution in [0, 0.1) is 6.92 Å². The lowest BCUT2D eigenvalue weighted by atomic mass is 9.95. The average Bonchev–Trinajstić information content (AvgIpc) is 2.40. The van der Waals surface area contributed by atoms with Gasteiger partial charge < -0.3 is 5.32 Å². The molecular formula is C17H28N2. The number of hydrogen-bond acceptors (Lipinski definition) is 2. The molecule has 19 heavy (non-hydrogen) atoms. The fraction of sp³-hybridized carbons (Fsp3) is 0.647. The van der Waals surface area contributed by atoms with E-state index in [0.29, 0.717) is 18.1 Å². The van der Waals surface area contributed by atoms with Crippen molar-refractivity contribution in [3.05, 3.63) is 35.4 Å². The predicted octanol–water partition coefficient (Wildman–Crippen LogP) is 3.52. The molecule has 1 fully saturated rings. The molecule has 0 aliphatic carbocycles. The average molecular weight is 260 g/mol. The maximum Gasteiger partial charge on any atom is 0.0447 e. The standard InChI is InChI=1S/C17H28N2/c1-13-8-10-16(11-9-13)17(18-4)12-19-14(2)6-5-7-15(19)3/h8-11,14-15,17-18H,5-7,12H2,1-4H3. The van der Waals surface area contributed by atoms with Crippen molar-refractivity contribution < 1.29 is 0 Å². The van der Waals surface area contributed by atoms with E-state index in [1.54, 1.807) is 0 Å². The summed E-state index contributed by atoms with van der Waals surface area (Å²) in [4.78, 5) is 2.67. The maximum atomic E-state index is 3.48. The minimum atomic E-state index is 0.434. The van der Waals surface area contributed by atoms with Crippen LogP contribution in [0.5, 0.6) is 0 Å². The van der Waals surface area contributed by atoms with E-state index in [1.165, 1.54) is 30.4 Å². The van der Waals surface area contributed by atoms with Crippen LogP contribution >= 0.6 is 0 Å². The molecule has 1 saturated heterocycles. The van der Waals surface area contributed by atoms with Crippen molar-refractivity contribution in [2.75, 3.05) is 13.6 Å². The maximum absolute atomic E-state index is 3.48. The third-order valence-corrected chi connectivity index (χ3v) is 4.60. The summed E-state index contributed by atoms with van der Waals surface area (Å²) < 4.78 is 0. The van der Waals surface area contributed by atoms with Crippen LogP contribution in [-0.4, -0.2) is 30.6 Å². The van der Waals surface area contributed by atoms with Gasteiger partial charge in [0.2, 0.25) is 0 Å². The Labute approximate surface area is 118 Å². The van der Waals surface area contributed by atoms with Gasteiger partial charge in [-0.15, -0.1) is 0 Å². The summed E-state index contributed by atoms with van der Waals surface area (Å²) >= 11 is 0. The lowest BCUT2D eigenvalue weighted by Crippen LogP contribution is -2.47. The number of likely N-dealkylation sites (tertiary alicyclic amines) is 1. The van der Waals surface area contributed by atoms with E-state index >= 15 is 0 Å². The Hall–Kier alpha value is -0.860. The van der Waals surface area contributed by atoms with Gasteiger partial charge in [-0.3, -0.25) is 4.90 Å². The Kier molecular flexibility index (Phi) is 5.00. The number of benzene rings is 1. The molecular weight excluding hydrogens is 232 g/mol. The van der Waals surface area contributed by atoms with Crippen LogP contribution in [0.4, 0.5) is 0 Å². The normalized spacial score (nSPS) is 26.3. The highest BCUT2D eigenvalue weighted by molar-refractivity contribution is 5.24. The lowest BCUT2D eigenvalue weighted by Gasteiger charge is -2.41. The first kappa shape index (κ1) is 14.5. The highest BCUT2D eigenvalue weighted by atomic mass is 15.2. The largest absolute Gasteiger partial charge is 0.312 e. The van der Waals surface area contributed by atoms with Gasteiger partial charge in [0.05, 0.1) is 0 Å². The molecule has 0 bridgehead atoms. The topological polar surface area (TPSA) is 15.3 Å². The molecule has 0 aromatic heterocycles. The first-order valence-corrected chi connectivity index (χ1v) is 7.61. The number of hydrogen-bond donors (Lipinski definition) is 1. The first-order valence-electron chi connectivity index (χ1n) is 7.61. The van der Waals surface area contributed by atoms with Crippen LogP contribution in [0.2, 0.25) is 0 Å². The molecule has 0 spiro atoms. The fourth-order valence-electron chi connectivity index (χ4n) is 3.21. The van der Waals surface area contributed by atoms with Gasteiger partial charge in [0, 0.05) is 24.7 Å². The Morgan fingerprint density at radius 2 is 1.74 bits per heavy atom. The molecule has 106 valence electrons. The number of nitrogens with zero attached hydrogens (tertiary/aromatic N) is 1. The third-order valence-electron chi connectivity index (χ3n) is 4.60. The van der Waals surface area contributed by atoms with Crippen LogP contribution in [-0.2, 0) is 0 Å². The monoisotopic (exact) mass is 260 g/mol. The molecule has 3 unspecified atom stereocenters. The van der Waals surface area contributed by atoms with Crippen molar-refractivity contribution >= 4 is 0 Å². The first-order chi connectivity index (χ1) is 9.11. The van der Waals surface area contributed by atoms with E-state index < -0.39 is 0 Å². The van der Waals surface area contributed by atoms with Crippen LogP contribution in [0.25, 0.3) is 0 Å². The lowest BCUT2D eigenvalue weighted by molar-refractivity contribution is 0.0920. The van der Waals surface area contributed by atoms with Crippen LogP contribution in [0.3, 0.4) is 0 Å². The highest BCUT2D eigenvalue weighted by Gasteiger charge is 2.26. The molecule has 2 heteroatoms. The van der Waals surface area contributed by atoms with Crippen LogP contribution in [0.1, 0.15) is 50.3 Å². The molecule has 1 aromatic carbocycles. The second-order valence-corrected chi connectivity index (χ2v) is 6.08. The van der Waals surface area contributed by atoms with E-state index in [9.17, 15) is 0 Å². The predicted molar refractivity (Wildman–Crippen MR) is 82.5 cm³/mol. The summed E-state index contributed by atoms with van der Waals surface area (Å²) in [7, 11) is 2.07. The minimum absolute atomic E-state index is 0.434. The minimum Gasteiger partial charge on any atom is -0.312 e. The van der Waals surface area contributed by atoms with Crippen molar-refractivity contribution in [3.8, 4) is 0 Å². The molecule has 0 saturated carbocycles. The quantitative estimate of drug-likeness (QED) is 0.891. The zero-order valence-electron chi connectivity index (χ0n) is 12.8. The molecule has 2 rings (SSSR count). The molecule has 1 aliphatic heterocycles. The van der Waals surface area contributed by atoms with Gasteiger partial charge in [-0.1, -0.05) is 36.2 Å². The molecule has 0 radical (unpaired) electrons. The number of rotatable bonds is 4.